The Labute approximate surface area is 161 Å². The molecular formula is C20H21F2N3O3. The highest BCUT2D eigenvalue weighted by atomic mass is 19.1. The summed E-state index contributed by atoms with van der Waals surface area (Å²) in [6.45, 7) is 0.967. The van der Waals surface area contributed by atoms with Gasteiger partial charge < -0.3 is 20.3 Å². The van der Waals surface area contributed by atoms with Crippen LogP contribution < -0.4 is 15.4 Å². The lowest BCUT2D eigenvalue weighted by molar-refractivity contribution is -0.138. The molecule has 2 aromatic carbocycles. The Morgan fingerprint density at radius 3 is 2.71 bits per heavy atom. The number of piperazine rings is 1. The third kappa shape index (κ3) is 5.04. The number of hydrogen-bond acceptors (Lipinski definition) is 4. The molecule has 0 spiro atoms. The number of carbonyl (C=O) groups is 2. The number of anilines is 1. The molecule has 0 bridgehead atoms. The first-order valence-electron chi connectivity index (χ1n) is 8.85. The van der Waals surface area contributed by atoms with E-state index in [2.05, 4.69) is 10.6 Å². The highest BCUT2D eigenvalue weighted by Crippen LogP contribution is 2.18. The first kappa shape index (κ1) is 19.8. The van der Waals surface area contributed by atoms with Gasteiger partial charge in [0.25, 0.3) is 0 Å². The largest absolute Gasteiger partial charge is 0.497 e. The topological polar surface area (TPSA) is 70.7 Å². The van der Waals surface area contributed by atoms with Gasteiger partial charge >= 0.3 is 0 Å². The molecule has 2 amide bonds. The average Bonchev–Trinajstić information content (AvgIpc) is 2.64. The summed E-state index contributed by atoms with van der Waals surface area (Å²) < 4.78 is 31.9. The summed E-state index contributed by atoms with van der Waals surface area (Å²) in [6.07, 6.45) is -0.0515. The number of methoxy groups -OCH3 is 1. The monoisotopic (exact) mass is 389 g/mol. The number of rotatable bonds is 6. The number of hydrogen-bond donors (Lipinski definition) is 2. The van der Waals surface area contributed by atoms with Crippen LogP contribution in [0.4, 0.5) is 14.5 Å². The van der Waals surface area contributed by atoms with E-state index in [9.17, 15) is 18.4 Å². The Morgan fingerprint density at radius 2 is 2.00 bits per heavy atom. The fourth-order valence-corrected chi connectivity index (χ4v) is 3.13. The Morgan fingerprint density at radius 1 is 1.25 bits per heavy atom. The van der Waals surface area contributed by atoms with E-state index in [-0.39, 0.29) is 24.8 Å². The van der Waals surface area contributed by atoms with Crippen LogP contribution in [-0.4, -0.2) is 43.0 Å². The zero-order chi connectivity index (χ0) is 20.1. The van der Waals surface area contributed by atoms with Gasteiger partial charge in [-0.1, -0.05) is 6.07 Å². The van der Waals surface area contributed by atoms with Crippen LogP contribution in [0.1, 0.15) is 12.0 Å². The third-order valence-corrected chi connectivity index (χ3v) is 4.42. The second-order valence-corrected chi connectivity index (χ2v) is 6.53. The van der Waals surface area contributed by atoms with Gasteiger partial charge in [0.15, 0.2) is 0 Å². The molecule has 6 nitrogen and oxygen atoms in total. The number of carbonyl (C=O) groups excluding carboxylic acids is 2. The predicted octanol–water partition coefficient (Wildman–Crippen LogP) is 2.30. The molecule has 1 heterocycles. The SMILES string of the molecule is COc1cccc(NC(=O)CC2NCCN(Cc3cc(F)cc(F)c3)C2=O)c1. The molecule has 148 valence electrons. The number of amides is 2. The molecule has 0 saturated carbocycles. The summed E-state index contributed by atoms with van der Waals surface area (Å²) in [5.41, 5.74) is 0.937. The Hall–Kier alpha value is -3.00. The lowest BCUT2D eigenvalue weighted by Crippen LogP contribution is -2.55. The standard InChI is InChI=1S/C20H21F2N3O3/c1-28-17-4-2-3-16(10-17)24-19(26)11-18-20(27)25(6-5-23-18)12-13-7-14(21)9-15(22)8-13/h2-4,7-10,18,23H,5-6,11-12H2,1H3,(H,24,26). The van der Waals surface area contributed by atoms with Crippen molar-refractivity contribution < 1.29 is 23.1 Å². The maximum atomic E-state index is 13.4. The van der Waals surface area contributed by atoms with Crippen LogP contribution in [-0.2, 0) is 16.1 Å². The molecule has 0 aliphatic carbocycles. The van der Waals surface area contributed by atoms with Crippen molar-refractivity contribution in [3.63, 3.8) is 0 Å². The van der Waals surface area contributed by atoms with Crippen LogP contribution in [0.5, 0.6) is 5.75 Å². The van der Waals surface area contributed by atoms with Crippen LogP contribution in [0.15, 0.2) is 42.5 Å². The molecule has 8 heteroatoms. The lowest BCUT2D eigenvalue weighted by Gasteiger charge is -2.33. The van der Waals surface area contributed by atoms with Crippen LogP contribution in [0.3, 0.4) is 0 Å². The van der Waals surface area contributed by atoms with E-state index in [0.717, 1.165) is 6.07 Å². The zero-order valence-corrected chi connectivity index (χ0v) is 15.4. The van der Waals surface area contributed by atoms with Crippen molar-refractivity contribution in [2.24, 2.45) is 0 Å². The van der Waals surface area contributed by atoms with Gasteiger partial charge in [0.05, 0.1) is 19.6 Å². The van der Waals surface area contributed by atoms with Crippen molar-refractivity contribution in [2.75, 3.05) is 25.5 Å². The zero-order valence-electron chi connectivity index (χ0n) is 15.4. The van der Waals surface area contributed by atoms with E-state index in [1.165, 1.54) is 24.1 Å². The molecule has 1 aliphatic heterocycles. The van der Waals surface area contributed by atoms with E-state index in [0.29, 0.717) is 30.1 Å². The van der Waals surface area contributed by atoms with Gasteiger partial charge in [0.1, 0.15) is 17.4 Å². The van der Waals surface area contributed by atoms with E-state index in [1.807, 2.05) is 0 Å². The average molecular weight is 389 g/mol. The molecule has 2 N–H and O–H groups in total. The predicted molar refractivity (Wildman–Crippen MR) is 99.8 cm³/mol. The highest BCUT2D eigenvalue weighted by molar-refractivity contribution is 5.95. The summed E-state index contributed by atoms with van der Waals surface area (Å²) in [5.74, 6) is -1.37. The third-order valence-electron chi connectivity index (χ3n) is 4.42. The van der Waals surface area contributed by atoms with Gasteiger partial charge in [0.2, 0.25) is 11.8 Å². The Kier molecular flexibility index (Phi) is 6.20. The van der Waals surface area contributed by atoms with Gasteiger partial charge in [-0.05, 0) is 29.8 Å². The number of halogens is 2. The summed E-state index contributed by atoms with van der Waals surface area (Å²) in [7, 11) is 1.53. The smallest absolute Gasteiger partial charge is 0.240 e. The van der Waals surface area contributed by atoms with Crippen molar-refractivity contribution in [1.29, 1.82) is 0 Å². The molecule has 0 radical (unpaired) electrons. The summed E-state index contributed by atoms with van der Waals surface area (Å²) in [6, 6.07) is 9.39. The molecule has 2 aromatic rings. The van der Waals surface area contributed by atoms with E-state index in [4.69, 9.17) is 4.74 Å². The fraction of sp³-hybridized carbons (Fsp3) is 0.300. The van der Waals surface area contributed by atoms with E-state index >= 15 is 0 Å². The van der Waals surface area contributed by atoms with Gasteiger partial charge in [-0.3, -0.25) is 9.59 Å². The first-order chi connectivity index (χ1) is 13.4. The van der Waals surface area contributed by atoms with Crippen LogP contribution in [0.25, 0.3) is 0 Å². The van der Waals surface area contributed by atoms with Crippen molar-refractivity contribution in [2.45, 2.75) is 19.0 Å². The quantitative estimate of drug-likeness (QED) is 0.796. The fourth-order valence-electron chi connectivity index (χ4n) is 3.13. The number of ether oxygens (including phenoxy) is 1. The van der Waals surface area contributed by atoms with Gasteiger partial charge in [-0.25, -0.2) is 8.78 Å². The van der Waals surface area contributed by atoms with E-state index < -0.39 is 17.7 Å². The normalized spacial score (nSPS) is 16.8. The number of nitrogens with zero attached hydrogens (tertiary/aromatic N) is 1. The summed E-state index contributed by atoms with van der Waals surface area (Å²) in [5, 5.41) is 5.76. The molecule has 3 rings (SSSR count). The Balaban J connectivity index is 1.61. The number of benzene rings is 2. The summed E-state index contributed by atoms with van der Waals surface area (Å²) in [4.78, 5) is 26.5. The summed E-state index contributed by atoms with van der Waals surface area (Å²) >= 11 is 0. The van der Waals surface area contributed by atoms with Crippen molar-refractivity contribution in [3.05, 3.63) is 59.7 Å². The van der Waals surface area contributed by atoms with Crippen LogP contribution in [0, 0.1) is 11.6 Å². The second-order valence-electron chi connectivity index (χ2n) is 6.53. The van der Waals surface area contributed by atoms with Crippen molar-refractivity contribution >= 4 is 17.5 Å². The lowest BCUT2D eigenvalue weighted by atomic mass is 10.1. The van der Waals surface area contributed by atoms with Gasteiger partial charge in [-0.2, -0.15) is 0 Å². The molecule has 1 atom stereocenters. The van der Waals surface area contributed by atoms with Crippen molar-refractivity contribution in [3.8, 4) is 5.75 Å². The van der Waals surface area contributed by atoms with Crippen LogP contribution in [0.2, 0.25) is 0 Å². The molecule has 1 aliphatic rings. The molecule has 0 aromatic heterocycles. The first-order valence-corrected chi connectivity index (χ1v) is 8.85. The molecule has 1 unspecified atom stereocenters. The maximum Gasteiger partial charge on any atom is 0.240 e. The minimum Gasteiger partial charge on any atom is -0.497 e. The molecule has 1 saturated heterocycles. The van der Waals surface area contributed by atoms with Crippen molar-refractivity contribution in [1.82, 2.24) is 10.2 Å². The molecule has 1 fully saturated rings. The second kappa shape index (κ2) is 8.79. The molecule has 28 heavy (non-hydrogen) atoms. The van der Waals surface area contributed by atoms with E-state index in [1.54, 1.807) is 24.3 Å². The maximum absolute atomic E-state index is 13.4. The minimum atomic E-state index is -0.697. The minimum absolute atomic E-state index is 0.0515. The number of nitrogens with one attached hydrogen (secondary N) is 2. The highest BCUT2D eigenvalue weighted by Gasteiger charge is 2.30. The van der Waals surface area contributed by atoms with Crippen LogP contribution >= 0.6 is 0 Å². The Bertz CT molecular complexity index is 855. The van der Waals surface area contributed by atoms with Gasteiger partial charge in [-0.15, -0.1) is 0 Å². The molecular weight excluding hydrogens is 368 g/mol. The van der Waals surface area contributed by atoms with Gasteiger partial charge in [0, 0.05) is 37.5 Å².